The number of nitrogens with one attached hydrogen (secondary N) is 1. The van der Waals surface area contributed by atoms with Crippen molar-refractivity contribution < 1.29 is 5.11 Å². The van der Waals surface area contributed by atoms with E-state index in [-0.39, 0.29) is 6.04 Å². The number of nitrogens with zero attached hydrogens (tertiary/aromatic N) is 1. The van der Waals surface area contributed by atoms with Crippen LogP contribution >= 0.6 is 11.3 Å². The van der Waals surface area contributed by atoms with Crippen LogP contribution in [0, 0.1) is 6.92 Å². The summed E-state index contributed by atoms with van der Waals surface area (Å²) in [6, 6.07) is 13.8. The molecule has 2 N–H and O–H groups in total. The lowest BCUT2D eigenvalue weighted by atomic mass is 10.2. The van der Waals surface area contributed by atoms with Gasteiger partial charge in [-0.2, -0.15) is 0 Å². The van der Waals surface area contributed by atoms with E-state index in [1.54, 1.807) is 17.4 Å². The molecule has 0 amide bonds. The van der Waals surface area contributed by atoms with E-state index in [2.05, 4.69) is 23.3 Å². The van der Waals surface area contributed by atoms with Crippen molar-refractivity contribution in [1.29, 1.82) is 0 Å². The Labute approximate surface area is 121 Å². The van der Waals surface area contributed by atoms with Gasteiger partial charge in [-0.3, -0.25) is 0 Å². The molecule has 20 heavy (non-hydrogen) atoms. The van der Waals surface area contributed by atoms with Gasteiger partial charge in [0.05, 0.1) is 16.3 Å². The van der Waals surface area contributed by atoms with Gasteiger partial charge in [-0.15, -0.1) is 11.3 Å². The lowest BCUT2D eigenvalue weighted by molar-refractivity contribution is 0.471. The Kier molecular flexibility index (Phi) is 3.32. The summed E-state index contributed by atoms with van der Waals surface area (Å²) in [7, 11) is 0. The lowest BCUT2D eigenvalue weighted by Crippen LogP contribution is -2.06. The zero-order valence-electron chi connectivity index (χ0n) is 11.4. The normalized spacial score (nSPS) is 12.5. The van der Waals surface area contributed by atoms with Gasteiger partial charge in [0.25, 0.3) is 0 Å². The van der Waals surface area contributed by atoms with Crippen molar-refractivity contribution in [2.24, 2.45) is 0 Å². The number of anilines is 1. The Morgan fingerprint density at radius 2 is 2.00 bits per heavy atom. The van der Waals surface area contributed by atoms with Crippen molar-refractivity contribution in [2.75, 3.05) is 5.32 Å². The number of phenolic OH excluding ortho intramolecular Hbond substituents is 1. The number of hydrogen-bond donors (Lipinski definition) is 2. The van der Waals surface area contributed by atoms with Crippen LogP contribution in [0.25, 0.3) is 10.2 Å². The third kappa shape index (κ3) is 2.47. The molecule has 1 atom stereocenters. The number of rotatable bonds is 3. The molecule has 1 heterocycles. The minimum atomic E-state index is 0.136. The van der Waals surface area contributed by atoms with Gasteiger partial charge < -0.3 is 10.4 Å². The van der Waals surface area contributed by atoms with Crippen LogP contribution in [-0.4, -0.2) is 10.1 Å². The van der Waals surface area contributed by atoms with Crippen molar-refractivity contribution >= 4 is 27.2 Å². The maximum atomic E-state index is 9.55. The highest BCUT2D eigenvalue weighted by atomic mass is 32.1. The van der Waals surface area contributed by atoms with Crippen LogP contribution in [0.15, 0.2) is 42.5 Å². The van der Waals surface area contributed by atoms with Gasteiger partial charge in [-0.05, 0) is 49.7 Å². The average molecular weight is 284 g/mol. The highest BCUT2D eigenvalue weighted by molar-refractivity contribution is 7.18. The molecule has 0 radical (unpaired) electrons. The van der Waals surface area contributed by atoms with Gasteiger partial charge in [0.2, 0.25) is 0 Å². The predicted molar refractivity (Wildman–Crippen MR) is 84.5 cm³/mol. The van der Waals surface area contributed by atoms with Crippen LogP contribution in [-0.2, 0) is 0 Å². The number of aromatic nitrogens is 1. The number of benzene rings is 2. The Bertz CT molecular complexity index is 718. The maximum Gasteiger partial charge on any atom is 0.118 e. The second kappa shape index (κ2) is 5.13. The summed E-state index contributed by atoms with van der Waals surface area (Å²) >= 11 is 1.71. The molecule has 3 rings (SSSR count). The molecule has 0 aliphatic heterocycles. The largest absolute Gasteiger partial charge is 0.508 e. The molecule has 3 nitrogen and oxygen atoms in total. The molecule has 0 spiro atoms. The molecule has 2 aromatic carbocycles. The first-order valence-corrected chi connectivity index (χ1v) is 7.37. The average Bonchev–Trinajstić information content (AvgIpc) is 2.87. The minimum Gasteiger partial charge on any atom is -0.508 e. The molecule has 0 saturated carbocycles. The number of aromatic hydroxyl groups is 1. The summed E-state index contributed by atoms with van der Waals surface area (Å²) in [4.78, 5) is 4.66. The fourth-order valence-corrected chi connectivity index (χ4v) is 3.10. The van der Waals surface area contributed by atoms with Crippen molar-refractivity contribution in [3.8, 4) is 5.75 Å². The zero-order chi connectivity index (χ0) is 14.1. The molecule has 0 fully saturated rings. The molecule has 0 bridgehead atoms. The maximum absolute atomic E-state index is 9.55. The van der Waals surface area contributed by atoms with E-state index in [9.17, 15) is 5.11 Å². The molecular formula is C16H16N2OS. The van der Waals surface area contributed by atoms with Gasteiger partial charge in [-0.25, -0.2) is 4.98 Å². The van der Waals surface area contributed by atoms with E-state index in [1.165, 1.54) is 4.70 Å². The first-order valence-electron chi connectivity index (χ1n) is 6.55. The molecule has 102 valence electrons. The topological polar surface area (TPSA) is 45.2 Å². The van der Waals surface area contributed by atoms with Crippen molar-refractivity contribution in [3.05, 3.63) is 53.0 Å². The molecule has 1 aromatic heterocycles. The fourth-order valence-electron chi connectivity index (χ4n) is 2.13. The fraction of sp³-hybridized carbons (Fsp3) is 0.188. The van der Waals surface area contributed by atoms with E-state index in [0.29, 0.717) is 5.75 Å². The summed E-state index contributed by atoms with van der Waals surface area (Å²) in [5.41, 5.74) is 2.90. The van der Waals surface area contributed by atoms with Crippen LogP contribution in [0.1, 0.15) is 23.5 Å². The van der Waals surface area contributed by atoms with E-state index < -0.39 is 0 Å². The molecule has 0 saturated heterocycles. The van der Waals surface area contributed by atoms with Crippen LogP contribution in [0.4, 0.5) is 5.69 Å². The number of phenols is 1. The van der Waals surface area contributed by atoms with Crippen LogP contribution < -0.4 is 5.32 Å². The van der Waals surface area contributed by atoms with E-state index in [1.807, 2.05) is 37.3 Å². The van der Waals surface area contributed by atoms with Crippen molar-refractivity contribution in [3.63, 3.8) is 0 Å². The smallest absolute Gasteiger partial charge is 0.118 e. The number of para-hydroxylation sites is 1. The standard InChI is InChI=1S/C16H16N2OS/c1-10-9-12(7-8-14(10)19)17-11(2)16-18-13-5-3-4-6-15(13)20-16/h3-9,11,17,19H,1-2H3. The van der Waals surface area contributed by atoms with Gasteiger partial charge in [0.1, 0.15) is 10.8 Å². The number of aryl methyl sites for hydroxylation is 1. The first kappa shape index (κ1) is 12.9. The summed E-state index contributed by atoms with van der Waals surface area (Å²) in [5.74, 6) is 0.322. The van der Waals surface area contributed by atoms with Crippen LogP contribution in [0.5, 0.6) is 5.75 Å². The number of fused-ring (bicyclic) bond motifs is 1. The van der Waals surface area contributed by atoms with Crippen LogP contribution in [0.3, 0.4) is 0 Å². The molecule has 3 aromatic rings. The Hall–Kier alpha value is -2.07. The van der Waals surface area contributed by atoms with Gasteiger partial charge >= 0.3 is 0 Å². The highest BCUT2D eigenvalue weighted by Crippen LogP contribution is 2.29. The number of thiazole rings is 1. The van der Waals surface area contributed by atoms with E-state index in [4.69, 9.17) is 0 Å². The zero-order valence-corrected chi connectivity index (χ0v) is 12.2. The second-order valence-corrected chi connectivity index (χ2v) is 5.95. The van der Waals surface area contributed by atoms with E-state index in [0.717, 1.165) is 21.8 Å². The molecule has 1 unspecified atom stereocenters. The Morgan fingerprint density at radius 1 is 1.20 bits per heavy atom. The molecular weight excluding hydrogens is 268 g/mol. The first-order chi connectivity index (χ1) is 9.63. The van der Waals surface area contributed by atoms with Crippen LogP contribution in [0.2, 0.25) is 0 Å². The molecule has 0 aliphatic rings. The van der Waals surface area contributed by atoms with Gasteiger partial charge in [-0.1, -0.05) is 12.1 Å². The van der Waals surface area contributed by atoms with Gasteiger partial charge in [0, 0.05) is 5.69 Å². The summed E-state index contributed by atoms with van der Waals surface area (Å²) < 4.78 is 1.21. The third-order valence-corrected chi connectivity index (χ3v) is 4.48. The summed E-state index contributed by atoms with van der Waals surface area (Å²) in [6.07, 6.45) is 0. The molecule has 0 aliphatic carbocycles. The van der Waals surface area contributed by atoms with Crippen molar-refractivity contribution in [2.45, 2.75) is 19.9 Å². The Balaban J connectivity index is 1.84. The monoisotopic (exact) mass is 284 g/mol. The highest BCUT2D eigenvalue weighted by Gasteiger charge is 2.11. The van der Waals surface area contributed by atoms with E-state index >= 15 is 0 Å². The number of hydrogen-bond acceptors (Lipinski definition) is 4. The quantitative estimate of drug-likeness (QED) is 0.697. The molecule has 4 heteroatoms. The van der Waals surface area contributed by atoms with Gasteiger partial charge in [0.15, 0.2) is 0 Å². The third-order valence-electron chi connectivity index (χ3n) is 3.26. The van der Waals surface area contributed by atoms with Crippen molar-refractivity contribution in [1.82, 2.24) is 4.98 Å². The SMILES string of the molecule is Cc1cc(NC(C)c2nc3ccccc3s2)ccc1O. The Morgan fingerprint density at radius 3 is 2.75 bits per heavy atom. The minimum absolute atomic E-state index is 0.136. The summed E-state index contributed by atoms with van der Waals surface area (Å²) in [5, 5.41) is 14.0. The summed E-state index contributed by atoms with van der Waals surface area (Å²) in [6.45, 7) is 3.99. The lowest BCUT2D eigenvalue weighted by Gasteiger charge is -2.13. The second-order valence-electron chi connectivity index (χ2n) is 4.89. The predicted octanol–water partition coefficient (Wildman–Crippen LogP) is 4.48.